The number of carbonyl (C=O) groups is 2. The number of ether oxygens (including phenoxy) is 2. The van der Waals surface area contributed by atoms with Gasteiger partial charge in [0.1, 0.15) is 5.82 Å². The van der Waals surface area contributed by atoms with Crippen LogP contribution in [0, 0.1) is 11.8 Å². The molecule has 2 heterocycles. The molecule has 0 saturated carbocycles. The van der Waals surface area contributed by atoms with Crippen LogP contribution >= 0.6 is 0 Å². The molecule has 0 bridgehead atoms. The fourth-order valence-corrected chi connectivity index (χ4v) is 4.05. The number of nitrogens with one attached hydrogen (secondary N) is 2. The van der Waals surface area contributed by atoms with Crippen molar-refractivity contribution in [3.05, 3.63) is 59.8 Å². The number of halogens is 3. The van der Waals surface area contributed by atoms with E-state index in [-0.39, 0.29) is 48.9 Å². The maximum atomic E-state index is 13.6. The summed E-state index contributed by atoms with van der Waals surface area (Å²) in [6.07, 6.45) is -4.34. The summed E-state index contributed by atoms with van der Waals surface area (Å²) in [5, 5.41) is 6.12. The van der Waals surface area contributed by atoms with E-state index >= 15 is 0 Å². The fraction of sp³-hybridized carbons (Fsp3) is 0.357. The van der Waals surface area contributed by atoms with Gasteiger partial charge in [0, 0.05) is 23.6 Å². The highest BCUT2D eigenvalue weighted by atomic mass is 19.4. The lowest BCUT2D eigenvalue weighted by molar-refractivity contribution is -0.138. The zero-order valence-electron chi connectivity index (χ0n) is 22.5. The predicted octanol–water partition coefficient (Wildman–Crippen LogP) is 7.06. The molecule has 212 valence electrons. The maximum Gasteiger partial charge on any atom is 0.416 e. The summed E-state index contributed by atoms with van der Waals surface area (Å²) in [5.41, 5.74) is 0.383. The Morgan fingerprint density at radius 3 is 2.20 bits per heavy atom. The molecule has 4 aromatic rings. The molecule has 2 N–H and O–H groups in total. The summed E-state index contributed by atoms with van der Waals surface area (Å²) in [4.78, 5) is 33.5. The molecule has 0 aliphatic rings. The first-order valence-corrected chi connectivity index (χ1v) is 12.7. The summed E-state index contributed by atoms with van der Waals surface area (Å²) in [7, 11) is 0. The number of hydrogen-bond acceptors (Lipinski definition) is 6. The van der Waals surface area contributed by atoms with Crippen LogP contribution in [0.15, 0.2) is 48.7 Å². The number of nitrogens with zero attached hydrogens (tertiary/aromatic N) is 3. The first kappa shape index (κ1) is 28.7. The largest absolute Gasteiger partial charge is 0.449 e. The Morgan fingerprint density at radius 2 is 1.55 bits per heavy atom. The molecular formula is C28H30F3N5O4. The number of fused-ring (bicyclic) bond motifs is 3. The first-order chi connectivity index (χ1) is 18.9. The number of amides is 2. The van der Waals surface area contributed by atoms with Crippen LogP contribution in [0.1, 0.15) is 38.8 Å². The van der Waals surface area contributed by atoms with Gasteiger partial charge in [-0.1, -0.05) is 45.9 Å². The first-order valence-electron chi connectivity index (χ1n) is 12.7. The van der Waals surface area contributed by atoms with Crippen molar-refractivity contribution in [1.29, 1.82) is 0 Å². The normalized spacial score (nSPS) is 11.8. The van der Waals surface area contributed by atoms with Crippen molar-refractivity contribution in [3.63, 3.8) is 0 Å². The predicted molar refractivity (Wildman–Crippen MR) is 145 cm³/mol. The third kappa shape index (κ3) is 6.80. The third-order valence-electron chi connectivity index (χ3n) is 5.81. The average Bonchev–Trinajstić information content (AvgIpc) is 3.28. The average molecular weight is 558 g/mol. The van der Waals surface area contributed by atoms with Crippen molar-refractivity contribution in [2.75, 3.05) is 23.8 Å². The third-order valence-corrected chi connectivity index (χ3v) is 5.81. The van der Waals surface area contributed by atoms with Crippen molar-refractivity contribution >= 4 is 45.8 Å². The van der Waals surface area contributed by atoms with E-state index in [4.69, 9.17) is 9.47 Å². The van der Waals surface area contributed by atoms with Crippen molar-refractivity contribution in [2.24, 2.45) is 11.8 Å². The van der Waals surface area contributed by atoms with Crippen molar-refractivity contribution in [2.45, 2.75) is 40.4 Å². The molecule has 12 heteroatoms. The number of hydrogen-bond donors (Lipinski definition) is 2. The second kappa shape index (κ2) is 11.8. The van der Waals surface area contributed by atoms with Gasteiger partial charge in [0.2, 0.25) is 5.95 Å². The molecule has 0 saturated heterocycles. The lowest BCUT2D eigenvalue weighted by Gasteiger charge is -2.15. The molecule has 9 nitrogen and oxygen atoms in total. The van der Waals surface area contributed by atoms with Gasteiger partial charge in [-0.2, -0.15) is 18.2 Å². The lowest BCUT2D eigenvalue weighted by Crippen LogP contribution is -2.20. The minimum Gasteiger partial charge on any atom is -0.449 e. The Balaban J connectivity index is 1.75. The number of alkyl halides is 3. The highest BCUT2D eigenvalue weighted by Crippen LogP contribution is 2.35. The summed E-state index contributed by atoms with van der Waals surface area (Å²) < 4.78 is 52.8. The van der Waals surface area contributed by atoms with Crippen LogP contribution in [0.5, 0.6) is 0 Å². The molecule has 0 aliphatic heterocycles. The fourth-order valence-electron chi connectivity index (χ4n) is 4.05. The number of anilines is 2. The SMILES string of the molecule is CC(C)COC(=O)Nc1nc(NC(=O)OCC(C)C)c2c(ccc3c2ccn3Cc2ccccc2C(F)(F)F)n1. The van der Waals surface area contributed by atoms with Gasteiger partial charge in [0.15, 0.2) is 0 Å². The molecular weight excluding hydrogens is 527 g/mol. The van der Waals surface area contributed by atoms with Crippen LogP contribution in [0.25, 0.3) is 21.8 Å². The Kier molecular flexibility index (Phi) is 8.46. The van der Waals surface area contributed by atoms with E-state index in [0.717, 1.165) is 6.07 Å². The lowest BCUT2D eigenvalue weighted by atomic mass is 10.1. The van der Waals surface area contributed by atoms with Crippen LogP contribution in [-0.4, -0.2) is 39.9 Å². The van der Waals surface area contributed by atoms with Crippen LogP contribution in [0.3, 0.4) is 0 Å². The molecule has 0 atom stereocenters. The monoisotopic (exact) mass is 557 g/mol. The summed E-state index contributed by atoms with van der Waals surface area (Å²) >= 11 is 0. The topological polar surface area (TPSA) is 107 Å². The molecule has 2 aromatic heterocycles. The Labute approximate surface area is 228 Å². The highest BCUT2D eigenvalue weighted by molar-refractivity contribution is 6.13. The van der Waals surface area contributed by atoms with E-state index in [1.54, 1.807) is 35.0 Å². The quantitative estimate of drug-likeness (QED) is 0.240. The molecule has 0 aliphatic carbocycles. The van der Waals surface area contributed by atoms with Crippen LogP contribution in [0.4, 0.5) is 34.5 Å². The molecule has 0 fully saturated rings. The molecule has 2 aromatic carbocycles. The minimum atomic E-state index is -4.49. The molecule has 0 spiro atoms. The highest BCUT2D eigenvalue weighted by Gasteiger charge is 2.33. The molecule has 4 rings (SSSR count). The molecule has 40 heavy (non-hydrogen) atoms. The van der Waals surface area contributed by atoms with Crippen molar-refractivity contribution in [3.8, 4) is 0 Å². The summed E-state index contributed by atoms with van der Waals surface area (Å²) in [5.74, 6) is 0.188. The van der Waals surface area contributed by atoms with Gasteiger partial charge in [0.05, 0.1) is 29.7 Å². The standard InChI is InChI=1S/C28H30F3N5O4/c1-16(2)14-39-26(37)34-24-23-19-11-12-36(13-18-7-5-6-8-20(18)28(29,30)31)22(19)10-9-21(23)32-25(33-24)35-27(38)40-15-17(3)4/h5-12,16-17H,13-15H2,1-4H3,(H2,32,33,34,35,37,38). The second-order valence-corrected chi connectivity index (χ2v) is 10.1. The van der Waals surface area contributed by atoms with Crippen molar-refractivity contribution < 1.29 is 32.2 Å². The van der Waals surface area contributed by atoms with E-state index < -0.39 is 23.9 Å². The Hall–Kier alpha value is -4.35. The van der Waals surface area contributed by atoms with Gasteiger partial charge in [-0.3, -0.25) is 10.6 Å². The van der Waals surface area contributed by atoms with Crippen LogP contribution in [0.2, 0.25) is 0 Å². The van der Waals surface area contributed by atoms with E-state index in [1.807, 2.05) is 27.7 Å². The maximum absolute atomic E-state index is 13.6. The van der Waals surface area contributed by atoms with Gasteiger partial charge in [-0.25, -0.2) is 14.6 Å². The summed E-state index contributed by atoms with van der Waals surface area (Å²) in [6.45, 7) is 7.89. The van der Waals surface area contributed by atoms with Gasteiger partial charge in [-0.05, 0) is 41.7 Å². The second-order valence-electron chi connectivity index (χ2n) is 10.1. The minimum absolute atomic E-state index is 0.0356. The number of rotatable bonds is 8. The van der Waals surface area contributed by atoms with Crippen molar-refractivity contribution in [1.82, 2.24) is 14.5 Å². The van der Waals surface area contributed by atoms with Gasteiger partial charge in [-0.15, -0.1) is 0 Å². The van der Waals surface area contributed by atoms with Crippen LogP contribution < -0.4 is 10.6 Å². The van der Waals surface area contributed by atoms with E-state index in [9.17, 15) is 22.8 Å². The van der Waals surface area contributed by atoms with Gasteiger partial charge in [0.25, 0.3) is 0 Å². The molecule has 2 amide bonds. The van der Waals surface area contributed by atoms with Gasteiger partial charge >= 0.3 is 18.4 Å². The smallest absolute Gasteiger partial charge is 0.416 e. The molecule has 0 radical (unpaired) electrons. The summed E-state index contributed by atoms with van der Waals surface area (Å²) in [6, 6.07) is 10.5. The zero-order chi connectivity index (χ0) is 29.0. The van der Waals surface area contributed by atoms with Gasteiger partial charge < -0.3 is 14.0 Å². The number of benzene rings is 2. The van der Waals surface area contributed by atoms with Crippen LogP contribution in [-0.2, 0) is 22.2 Å². The zero-order valence-corrected chi connectivity index (χ0v) is 22.5. The van der Waals surface area contributed by atoms with E-state index in [0.29, 0.717) is 21.8 Å². The Morgan fingerprint density at radius 1 is 0.900 bits per heavy atom. The van der Waals surface area contributed by atoms with E-state index in [1.165, 1.54) is 12.1 Å². The number of aromatic nitrogens is 3. The Bertz CT molecular complexity index is 1530. The molecule has 0 unspecified atom stereocenters. The number of carbonyl (C=O) groups excluding carboxylic acids is 2. The van der Waals surface area contributed by atoms with E-state index in [2.05, 4.69) is 20.6 Å².